The highest BCUT2D eigenvalue weighted by Crippen LogP contribution is 2.31. The van der Waals surface area contributed by atoms with Gasteiger partial charge in [0.1, 0.15) is 5.82 Å². The molecule has 8 nitrogen and oxygen atoms in total. The molecule has 3 aromatic heterocycles. The highest BCUT2D eigenvalue weighted by Gasteiger charge is 2.28. The zero-order chi connectivity index (χ0) is 21.4. The number of rotatable bonds is 5. The summed E-state index contributed by atoms with van der Waals surface area (Å²) in [7, 11) is 0. The molecule has 1 fully saturated rings. The summed E-state index contributed by atoms with van der Waals surface area (Å²) >= 11 is 0. The third kappa shape index (κ3) is 3.94. The molecular formula is C23H29N7O. The van der Waals surface area contributed by atoms with Gasteiger partial charge in [-0.3, -0.25) is 14.6 Å². The maximum Gasteiger partial charge on any atom is 0.255 e. The summed E-state index contributed by atoms with van der Waals surface area (Å²) in [5.41, 5.74) is 5.98. The van der Waals surface area contributed by atoms with Crippen molar-refractivity contribution in [1.82, 2.24) is 30.3 Å². The van der Waals surface area contributed by atoms with Crippen LogP contribution >= 0.6 is 0 Å². The predicted octanol–water partition coefficient (Wildman–Crippen LogP) is 3.07. The molecule has 0 radical (unpaired) electrons. The number of fused-ring (bicyclic) bond motifs is 1. The fourth-order valence-corrected chi connectivity index (χ4v) is 4.67. The van der Waals surface area contributed by atoms with Gasteiger partial charge in [0.05, 0.1) is 30.0 Å². The summed E-state index contributed by atoms with van der Waals surface area (Å²) in [5.74, 6) is 0.950. The minimum atomic E-state index is -0.111. The van der Waals surface area contributed by atoms with E-state index in [2.05, 4.69) is 37.6 Å². The lowest BCUT2D eigenvalue weighted by Gasteiger charge is -2.28. The van der Waals surface area contributed by atoms with Crippen molar-refractivity contribution in [3.05, 3.63) is 58.3 Å². The van der Waals surface area contributed by atoms with E-state index in [-0.39, 0.29) is 11.9 Å². The van der Waals surface area contributed by atoms with Gasteiger partial charge in [-0.2, -0.15) is 10.2 Å². The quantitative estimate of drug-likeness (QED) is 0.663. The lowest BCUT2D eigenvalue weighted by Crippen LogP contribution is -2.30. The second-order valence-electron chi connectivity index (χ2n) is 8.67. The van der Waals surface area contributed by atoms with Crippen LogP contribution in [0.3, 0.4) is 0 Å². The molecule has 0 bridgehead atoms. The number of hydrogen-bond donors (Lipinski definition) is 2. The molecule has 0 spiro atoms. The molecule has 1 aliphatic heterocycles. The van der Waals surface area contributed by atoms with Crippen molar-refractivity contribution >= 4 is 11.7 Å². The number of piperidine rings is 1. The lowest BCUT2D eigenvalue weighted by molar-refractivity contribution is 0.0936. The first-order valence-electron chi connectivity index (χ1n) is 11.2. The Morgan fingerprint density at radius 3 is 2.87 bits per heavy atom. The Morgan fingerprint density at radius 1 is 1.23 bits per heavy atom. The number of nitrogens with one attached hydrogen (secondary N) is 2. The average molecular weight is 420 g/mol. The number of pyridine rings is 1. The third-order valence-corrected chi connectivity index (χ3v) is 6.51. The Bertz CT molecular complexity index is 1090. The minimum absolute atomic E-state index is 0.0374. The summed E-state index contributed by atoms with van der Waals surface area (Å²) in [6.45, 7) is 6.84. The second kappa shape index (κ2) is 8.17. The fourth-order valence-electron chi connectivity index (χ4n) is 4.67. The zero-order valence-corrected chi connectivity index (χ0v) is 18.2. The van der Waals surface area contributed by atoms with Crippen molar-refractivity contribution in [2.45, 2.75) is 58.5 Å². The van der Waals surface area contributed by atoms with Gasteiger partial charge < -0.3 is 10.2 Å². The number of hydrogen-bond acceptors (Lipinski definition) is 5. The number of aryl methyl sites for hydroxylation is 2. The number of carbonyl (C=O) groups is 1. The molecule has 0 aromatic carbocycles. The maximum atomic E-state index is 12.7. The van der Waals surface area contributed by atoms with E-state index in [1.165, 1.54) is 24.8 Å². The smallest absolute Gasteiger partial charge is 0.255 e. The first kappa shape index (κ1) is 19.8. The number of aromatic amines is 1. The standard InChI is InChI=1S/C23H29N7O/c1-15-17(6-9-21(25-15)29-10-4-3-5-11-29)13-30-14-18(12-24-30)23(31)26-20-8-7-19-16(2)27-28-22(19)20/h6,9,12,14,20H,3-5,7-8,10-11,13H2,1-2H3,(H,26,31)(H,27,28). The van der Waals surface area contributed by atoms with Gasteiger partial charge in [0, 0.05) is 30.7 Å². The summed E-state index contributed by atoms with van der Waals surface area (Å²) in [6, 6.07) is 4.20. The first-order chi connectivity index (χ1) is 15.1. The van der Waals surface area contributed by atoms with E-state index in [1.807, 2.05) is 13.8 Å². The monoisotopic (exact) mass is 419 g/mol. The second-order valence-corrected chi connectivity index (χ2v) is 8.67. The Morgan fingerprint density at radius 2 is 2.06 bits per heavy atom. The minimum Gasteiger partial charge on any atom is -0.357 e. The molecule has 2 aliphatic rings. The summed E-state index contributed by atoms with van der Waals surface area (Å²) < 4.78 is 1.80. The van der Waals surface area contributed by atoms with Gasteiger partial charge in [-0.1, -0.05) is 6.07 Å². The summed E-state index contributed by atoms with van der Waals surface area (Å²) in [4.78, 5) is 19.9. The first-order valence-corrected chi connectivity index (χ1v) is 11.2. The van der Waals surface area contributed by atoms with Crippen LogP contribution in [-0.2, 0) is 13.0 Å². The van der Waals surface area contributed by atoms with Crippen molar-refractivity contribution in [2.75, 3.05) is 18.0 Å². The Balaban J connectivity index is 1.24. The fraction of sp³-hybridized carbons (Fsp3) is 0.478. The molecule has 0 saturated carbocycles. The summed E-state index contributed by atoms with van der Waals surface area (Å²) in [6.07, 6.45) is 9.06. The highest BCUT2D eigenvalue weighted by molar-refractivity contribution is 5.94. The van der Waals surface area contributed by atoms with Crippen LogP contribution < -0.4 is 10.2 Å². The normalized spacial score (nSPS) is 18.3. The molecule has 4 heterocycles. The van der Waals surface area contributed by atoms with Gasteiger partial charge in [-0.05, 0) is 63.1 Å². The molecule has 1 atom stereocenters. The van der Waals surface area contributed by atoms with E-state index in [0.717, 1.165) is 54.4 Å². The molecular weight excluding hydrogens is 390 g/mol. The van der Waals surface area contributed by atoms with E-state index in [1.54, 1.807) is 17.1 Å². The van der Waals surface area contributed by atoms with Crippen LogP contribution in [0.25, 0.3) is 0 Å². The van der Waals surface area contributed by atoms with Crippen LogP contribution in [0.5, 0.6) is 0 Å². The van der Waals surface area contributed by atoms with Gasteiger partial charge in [-0.25, -0.2) is 4.98 Å². The largest absolute Gasteiger partial charge is 0.357 e. The van der Waals surface area contributed by atoms with Crippen molar-refractivity contribution in [3.63, 3.8) is 0 Å². The number of amides is 1. The van der Waals surface area contributed by atoms with Crippen LogP contribution in [0.1, 0.15) is 70.3 Å². The van der Waals surface area contributed by atoms with E-state index in [0.29, 0.717) is 12.1 Å². The van der Waals surface area contributed by atoms with E-state index < -0.39 is 0 Å². The third-order valence-electron chi connectivity index (χ3n) is 6.51. The van der Waals surface area contributed by atoms with E-state index >= 15 is 0 Å². The molecule has 1 unspecified atom stereocenters. The van der Waals surface area contributed by atoms with Crippen LogP contribution in [0.2, 0.25) is 0 Å². The summed E-state index contributed by atoms with van der Waals surface area (Å²) in [5, 5.41) is 14.9. The molecule has 31 heavy (non-hydrogen) atoms. The van der Waals surface area contributed by atoms with Crippen molar-refractivity contribution in [1.29, 1.82) is 0 Å². The molecule has 1 saturated heterocycles. The van der Waals surface area contributed by atoms with E-state index in [4.69, 9.17) is 4.98 Å². The number of carbonyl (C=O) groups excluding carboxylic acids is 1. The van der Waals surface area contributed by atoms with Gasteiger partial charge in [0.25, 0.3) is 5.91 Å². The van der Waals surface area contributed by atoms with Gasteiger partial charge in [0.15, 0.2) is 0 Å². The van der Waals surface area contributed by atoms with Gasteiger partial charge in [0.2, 0.25) is 0 Å². The van der Waals surface area contributed by atoms with Crippen LogP contribution in [-0.4, -0.2) is 44.0 Å². The van der Waals surface area contributed by atoms with Crippen LogP contribution in [0.4, 0.5) is 5.82 Å². The lowest BCUT2D eigenvalue weighted by atomic mass is 10.1. The SMILES string of the molecule is Cc1nc(N2CCCCC2)ccc1Cn1cc(C(=O)NC2CCc3c2n[nH]c3C)cn1. The Hall–Kier alpha value is -3.16. The number of nitrogens with zero attached hydrogens (tertiary/aromatic N) is 5. The highest BCUT2D eigenvalue weighted by atomic mass is 16.1. The number of H-pyrrole nitrogens is 1. The van der Waals surface area contributed by atoms with Crippen molar-refractivity contribution in [2.24, 2.45) is 0 Å². The zero-order valence-electron chi connectivity index (χ0n) is 18.2. The number of aromatic nitrogens is 5. The molecule has 3 aromatic rings. The molecule has 2 N–H and O–H groups in total. The van der Waals surface area contributed by atoms with Crippen LogP contribution in [0, 0.1) is 13.8 Å². The predicted molar refractivity (Wildman–Crippen MR) is 118 cm³/mol. The van der Waals surface area contributed by atoms with Gasteiger partial charge >= 0.3 is 0 Å². The van der Waals surface area contributed by atoms with Gasteiger partial charge in [-0.15, -0.1) is 0 Å². The van der Waals surface area contributed by atoms with Crippen molar-refractivity contribution in [3.8, 4) is 0 Å². The maximum absolute atomic E-state index is 12.7. The Labute approximate surface area is 182 Å². The van der Waals surface area contributed by atoms with E-state index in [9.17, 15) is 4.79 Å². The van der Waals surface area contributed by atoms with Crippen molar-refractivity contribution < 1.29 is 4.79 Å². The molecule has 8 heteroatoms. The topological polar surface area (TPSA) is 91.7 Å². The molecule has 162 valence electrons. The molecule has 1 amide bonds. The average Bonchev–Trinajstić information content (AvgIpc) is 3.49. The molecule has 1 aliphatic carbocycles. The number of anilines is 1. The molecule has 5 rings (SSSR count). The Kier molecular flexibility index (Phi) is 5.21. The van der Waals surface area contributed by atoms with Crippen LogP contribution in [0.15, 0.2) is 24.5 Å².